The van der Waals surface area contributed by atoms with E-state index < -0.39 is 11.7 Å². The number of H-pyrrole nitrogens is 1. The topological polar surface area (TPSA) is 166 Å². The Morgan fingerprint density at radius 3 is 2.54 bits per heavy atom. The van der Waals surface area contributed by atoms with Gasteiger partial charge >= 0.3 is 0 Å². The van der Waals surface area contributed by atoms with Crippen molar-refractivity contribution in [3.8, 4) is 5.75 Å². The van der Waals surface area contributed by atoms with E-state index in [1.807, 2.05) is 38.4 Å². The Morgan fingerprint density at radius 2 is 1.74 bits per heavy atom. The van der Waals surface area contributed by atoms with Gasteiger partial charge in [0.25, 0.3) is 17.6 Å². The fraction of sp³-hybridized carbons (Fsp3) is 0.486. The number of nitrogens with zero attached hydrogens (tertiary/aromatic N) is 6. The summed E-state index contributed by atoms with van der Waals surface area (Å²) in [5, 5.41) is 11.8. The standard InChI is InChI=1S/C35H46N8O7/c1-26-23-41(34(45)27-8-4-3-5-9-27)14-15-43(26)35(46)32(44)29-22-38-33-31(29)30(10-12-37-33)50-21-20-48-17-7-13-42-24-28(39-40-42)25-49-19-18-47-16-6-11-36-2/h3-5,8-10,12,22,24,26,36H,6-7,11,13-21,23,25H2,1-2H3,(H,37,38)/t26-/m1/s1. The van der Waals surface area contributed by atoms with Gasteiger partial charge in [-0.1, -0.05) is 23.4 Å². The third-order valence-electron chi connectivity index (χ3n) is 8.26. The van der Waals surface area contributed by atoms with Crippen molar-refractivity contribution in [2.45, 2.75) is 39.0 Å². The minimum Gasteiger partial charge on any atom is -0.490 e. The van der Waals surface area contributed by atoms with Crippen LogP contribution in [0.5, 0.6) is 5.75 Å². The molecule has 4 aromatic rings. The number of ether oxygens (including phenoxy) is 4. The van der Waals surface area contributed by atoms with Crippen molar-refractivity contribution >= 4 is 28.6 Å². The molecule has 268 valence electrons. The molecule has 1 aliphatic heterocycles. The van der Waals surface area contributed by atoms with Gasteiger partial charge in [-0.15, -0.1) is 5.10 Å². The van der Waals surface area contributed by atoms with Gasteiger partial charge in [0.2, 0.25) is 0 Å². The maximum atomic E-state index is 13.5. The summed E-state index contributed by atoms with van der Waals surface area (Å²) in [6.07, 6.45) is 6.63. The Morgan fingerprint density at radius 1 is 0.960 bits per heavy atom. The van der Waals surface area contributed by atoms with E-state index >= 15 is 0 Å². The molecule has 0 saturated carbocycles. The highest BCUT2D eigenvalue weighted by molar-refractivity contribution is 6.45. The van der Waals surface area contributed by atoms with Gasteiger partial charge in [-0.25, -0.2) is 4.98 Å². The lowest BCUT2D eigenvalue weighted by molar-refractivity contribution is -0.130. The van der Waals surface area contributed by atoms with Crippen molar-refractivity contribution < 1.29 is 33.3 Å². The van der Waals surface area contributed by atoms with Crippen LogP contribution in [-0.2, 0) is 32.2 Å². The molecule has 0 unspecified atom stereocenters. The van der Waals surface area contributed by atoms with Crippen molar-refractivity contribution in [3.63, 3.8) is 0 Å². The molecule has 15 nitrogen and oxygen atoms in total. The van der Waals surface area contributed by atoms with E-state index in [-0.39, 0.29) is 30.7 Å². The molecule has 3 aromatic heterocycles. The molecule has 1 saturated heterocycles. The number of nitrogens with one attached hydrogen (secondary N) is 2. The zero-order valence-corrected chi connectivity index (χ0v) is 28.7. The van der Waals surface area contributed by atoms with Crippen LogP contribution in [0, 0.1) is 0 Å². The van der Waals surface area contributed by atoms with Crippen molar-refractivity contribution in [1.29, 1.82) is 0 Å². The Kier molecular flexibility index (Phi) is 13.8. The van der Waals surface area contributed by atoms with Crippen LogP contribution in [0.4, 0.5) is 0 Å². The number of carbonyl (C=O) groups is 3. The summed E-state index contributed by atoms with van der Waals surface area (Å²) >= 11 is 0. The Bertz CT molecular complexity index is 1680. The average Bonchev–Trinajstić information content (AvgIpc) is 3.79. The van der Waals surface area contributed by atoms with Crippen molar-refractivity contribution in [2.75, 3.05) is 72.9 Å². The molecule has 5 rings (SSSR count). The van der Waals surface area contributed by atoms with E-state index in [1.165, 1.54) is 11.1 Å². The third kappa shape index (κ3) is 9.94. The van der Waals surface area contributed by atoms with Crippen LogP contribution in [0.2, 0.25) is 0 Å². The zero-order chi connectivity index (χ0) is 35.1. The molecule has 0 radical (unpaired) electrons. The molecule has 15 heteroatoms. The minimum absolute atomic E-state index is 0.0940. The summed E-state index contributed by atoms with van der Waals surface area (Å²) < 4.78 is 24.6. The summed E-state index contributed by atoms with van der Waals surface area (Å²) in [6, 6.07) is 10.4. The van der Waals surface area contributed by atoms with E-state index in [0.717, 1.165) is 25.1 Å². The van der Waals surface area contributed by atoms with E-state index in [1.54, 1.807) is 34.0 Å². The zero-order valence-electron chi connectivity index (χ0n) is 28.7. The highest BCUT2D eigenvalue weighted by Gasteiger charge is 2.34. The molecular weight excluding hydrogens is 644 g/mol. The first-order valence-corrected chi connectivity index (χ1v) is 17.0. The number of piperazine rings is 1. The predicted molar refractivity (Wildman–Crippen MR) is 184 cm³/mol. The SMILES string of the molecule is CNCCCOCCOCc1cn(CCCOCCOc2ccnc3[nH]cc(C(=O)C(=O)N4CCN(C(=O)c5ccccc5)C[C@H]4C)c23)nn1. The molecule has 0 aliphatic carbocycles. The molecule has 0 spiro atoms. The fourth-order valence-electron chi connectivity index (χ4n) is 5.68. The number of fused-ring (bicyclic) bond motifs is 1. The molecule has 2 N–H and O–H groups in total. The smallest absolute Gasteiger partial charge is 0.295 e. The second-order valence-corrected chi connectivity index (χ2v) is 11.9. The van der Waals surface area contributed by atoms with Gasteiger partial charge in [0.15, 0.2) is 0 Å². The van der Waals surface area contributed by atoms with Crippen LogP contribution < -0.4 is 10.1 Å². The van der Waals surface area contributed by atoms with Crippen molar-refractivity contribution in [3.05, 3.63) is 71.8 Å². The van der Waals surface area contributed by atoms with Crippen LogP contribution >= 0.6 is 0 Å². The number of amides is 2. The Balaban J connectivity index is 1.03. The molecular formula is C35H46N8O7. The molecule has 1 atom stereocenters. The first-order valence-electron chi connectivity index (χ1n) is 17.0. The highest BCUT2D eigenvalue weighted by atomic mass is 16.5. The second-order valence-electron chi connectivity index (χ2n) is 11.9. The van der Waals surface area contributed by atoms with Crippen molar-refractivity contribution in [1.82, 2.24) is 40.1 Å². The van der Waals surface area contributed by atoms with E-state index in [0.29, 0.717) is 81.6 Å². The number of aromatic nitrogens is 5. The third-order valence-corrected chi connectivity index (χ3v) is 8.26. The van der Waals surface area contributed by atoms with Crippen LogP contribution in [0.25, 0.3) is 11.0 Å². The van der Waals surface area contributed by atoms with Crippen LogP contribution in [0.15, 0.2) is 55.0 Å². The number of pyridine rings is 1. The highest BCUT2D eigenvalue weighted by Crippen LogP contribution is 2.28. The quantitative estimate of drug-likeness (QED) is 0.0794. The summed E-state index contributed by atoms with van der Waals surface area (Å²) in [6.45, 7) is 7.55. The number of carbonyl (C=O) groups excluding carboxylic acids is 3. The molecule has 1 fully saturated rings. The Labute approximate surface area is 291 Å². The average molecular weight is 691 g/mol. The van der Waals surface area contributed by atoms with E-state index in [9.17, 15) is 14.4 Å². The maximum Gasteiger partial charge on any atom is 0.295 e. The van der Waals surface area contributed by atoms with Crippen molar-refractivity contribution in [2.24, 2.45) is 0 Å². The van der Waals surface area contributed by atoms with Gasteiger partial charge in [0, 0.05) is 63.4 Å². The lowest BCUT2D eigenvalue weighted by Gasteiger charge is -2.39. The number of hydrogen-bond acceptors (Lipinski definition) is 11. The maximum absolute atomic E-state index is 13.5. The van der Waals surface area contributed by atoms with Gasteiger partial charge in [0.1, 0.15) is 23.7 Å². The van der Waals surface area contributed by atoms with Crippen LogP contribution in [0.1, 0.15) is 46.2 Å². The number of hydrogen-bond donors (Lipinski definition) is 2. The second kappa shape index (κ2) is 18.9. The number of benzene rings is 1. The van der Waals surface area contributed by atoms with Crippen LogP contribution in [-0.4, -0.2) is 131 Å². The Hall–Kier alpha value is -4.70. The van der Waals surface area contributed by atoms with Gasteiger partial charge in [-0.2, -0.15) is 0 Å². The molecule has 50 heavy (non-hydrogen) atoms. The fourth-order valence-corrected chi connectivity index (χ4v) is 5.68. The summed E-state index contributed by atoms with van der Waals surface area (Å²) in [5.41, 5.74) is 1.98. The van der Waals surface area contributed by atoms with E-state index in [4.69, 9.17) is 18.9 Å². The molecule has 1 aromatic carbocycles. The lowest BCUT2D eigenvalue weighted by Crippen LogP contribution is -2.56. The number of Topliss-reactive ketones (excluding diaryl/α,β-unsaturated/α-hetero) is 1. The van der Waals surface area contributed by atoms with Gasteiger partial charge in [-0.05, 0) is 51.6 Å². The summed E-state index contributed by atoms with van der Waals surface area (Å²) in [7, 11) is 1.92. The number of ketones is 1. The summed E-state index contributed by atoms with van der Waals surface area (Å²) in [4.78, 5) is 50.4. The monoisotopic (exact) mass is 690 g/mol. The first kappa shape index (κ1) is 36.6. The largest absolute Gasteiger partial charge is 0.490 e. The first-order chi connectivity index (χ1) is 24.5. The summed E-state index contributed by atoms with van der Waals surface area (Å²) in [5.74, 6) is -0.951. The molecule has 0 bridgehead atoms. The lowest BCUT2D eigenvalue weighted by atomic mass is 10.1. The minimum atomic E-state index is -0.660. The normalized spacial score (nSPS) is 14.7. The number of aromatic amines is 1. The molecule has 1 aliphatic rings. The number of aryl methyl sites for hydroxylation is 1. The molecule has 4 heterocycles. The van der Waals surface area contributed by atoms with Gasteiger partial charge in [0.05, 0.1) is 43.6 Å². The van der Waals surface area contributed by atoms with E-state index in [2.05, 4.69) is 25.6 Å². The van der Waals surface area contributed by atoms with Gasteiger partial charge in [-0.3, -0.25) is 19.1 Å². The van der Waals surface area contributed by atoms with Gasteiger partial charge < -0.3 is 39.0 Å². The predicted octanol–water partition coefficient (Wildman–Crippen LogP) is 2.34. The molecule has 2 amide bonds. The van der Waals surface area contributed by atoms with Crippen LogP contribution in [0.3, 0.4) is 0 Å². The number of rotatable bonds is 20.